The lowest BCUT2D eigenvalue weighted by Crippen LogP contribution is -2.36. The van der Waals surface area contributed by atoms with Crippen LogP contribution in [0.1, 0.15) is 0 Å². The summed E-state index contributed by atoms with van der Waals surface area (Å²) in [6, 6.07) is 0. The van der Waals surface area contributed by atoms with E-state index >= 15 is 0 Å². The second kappa shape index (κ2) is 1.31. The van der Waals surface area contributed by atoms with Crippen molar-refractivity contribution in [2.24, 2.45) is 10.8 Å². The van der Waals surface area contributed by atoms with Crippen LogP contribution in [-0.4, -0.2) is 18.1 Å². The lowest BCUT2D eigenvalue weighted by atomic mass is 10.4. The van der Waals surface area contributed by atoms with Gasteiger partial charge in [-0.15, -0.1) is 0 Å². The Morgan fingerprint density at radius 3 is 2.86 bits per heavy atom. The SMILES string of the molecule is N=C1C=NNC1N. The minimum atomic E-state index is -0.375. The maximum atomic E-state index is 6.92. The van der Waals surface area contributed by atoms with Crippen molar-refractivity contribution in [3.63, 3.8) is 0 Å². The Hall–Kier alpha value is -0.900. The van der Waals surface area contributed by atoms with E-state index in [1.807, 2.05) is 0 Å². The van der Waals surface area contributed by atoms with Gasteiger partial charge in [-0.2, -0.15) is 5.10 Å². The Morgan fingerprint density at radius 2 is 2.71 bits per heavy atom. The van der Waals surface area contributed by atoms with Crippen molar-refractivity contribution in [1.82, 2.24) is 5.43 Å². The molecule has 38 valence electrons. The second-order valence-corrected chi connectivity index (χ2v) is 1.32. The van der Waals surface area contributed by atoms with Gasteiger partial charge in [0.1, 0.15) is 6.17 Å². The van der Waals surface area contributed by atoms with Gasteiger partial charge in [-0.1, -0.05) is 0 Å². The van der Waals surface area contributed by atoms with Crippen molar-refractivity contribution in [1.29, 1.82) is 5.41 Å². The zero-order valence-corrected chi connectivity index (χ0v) is 3.68. The minimum Gasteiger partial charge on any atom is -0.305 e. The molecule has 0 radical (unpaired) electrons. The van der Waals surface area contributed by atoms with E-state index in [0.29, 0.717) is 5.71 Å². The molecular weight excluding hydrogens is 92.1 g/mol. The zero-order chi connectivity index (χ0) is 5.28. The average molecular weight is 98.1 g/mol. The molecule has 4 N–H and O–H groups in total. The van der Waals surface area contributed by atoms with E-state index in [9.17, 15) is 0 Å². The van der Waals surface area contributed by atoms with Crippen LogP contribution >= 0.6 is 0 Å². The molecule has 0 aliphatic carbocycles. The summed E-state index contributed by atoms with van der Waals surface area (Å²) in [6.45, 7) is 0. The maximum absolute atomic E-state index is 6.92. The van der Waals surface area contributed by atoms with Crippen LogP contribution in [0.25, 0.3) is 0 Å². The van der Waals surface area contributed by atoms with E-state index in [1.165, 1.54) is 6.21 Å². The number of nitrogens with one attached hydrogen (secondary N) is 2. The highest BCUT2D eigenvalue weighted by Crippen LogP contribution is 1.80. The predicted molar refractivity (Wildman–Crippen MR) is 27.3 cm³/mol. The van der Waals surface area contributed by atoms with Gasteiger partial charge in [0.2, 0.25) is 0 Å². The van der Waals surface area contributed by atoms with E-state index in [-0.39, 0.29) is 6.17 Å². The van der Waals surface area contributed by atoms with Crippen molar-refractivity contribution >= 4 is 11.9 Å². The largest absolute Gasteiger partial charge is 0.305 e. The number of hydrogen-bond donors (Lipinski definition) is 3. The fraction of sp³-hybridized carbons (Fsp3) is 0.333. The molecule has 1 atom stereocenters. The summed E-state index contributed by atoms with van der Waals surface area (Å²) in [6.07, 6.45) is 1.02. The van der Waals surface area contributed by atoms with Crippen molar-refractivity contribution in [3.8, 4) is 0 Å². The number of hydrazone groups is 1. The first-order chi connectivity index (χ1) is 3.30. The number of nitrogens with zero attached hydrogens (tertiary/aromatic N) is 1. The summed E-state index contributed by atoms with van der Waals surface area (Å²) in [5, 5.41) is 10.4. The number of nitrogens with two attached hydrogens (primary N) is 1. The Morgan fingerprint density at radius 1 is 2.00 bits per heavy atom. The molecule has 0 spiro atoms. The van der Waals surface area contributed by atoms with Gasteiger partial charge >= 0.3 is 0 Å². The van der Waals surface area contributed by atoms with Crippen molar-refractivity contribution in [3.05, 3.63) is 0 Å². The average Bonchev–Trinajstić information content (AvgIpc) is 1.91. The summed E-state index contributed by atoms with van der Waals surface area (Å²) in [5.74, 6) is 0. The lowest BCUT2D eigenvalue weighted by molar-refractivity contribution is 0.701. The highest BCUT2D eigenvalue weighted by atomic mass is 15.4. The molecule has 0 fully saturated rings. The van der Waals surface area contributed by atoms with Crippen LogP contribution < -0.4 is 11.2 Å². The van der Waals surface area contributed by atoms with Crippen molar-refractivity contribution in [2.75, 3.05) is 0 Å². The monoisotopic (exact) mass is 98.1 g/mol. The van der Waals surface area contributed by atoms with Gasteiger partial charge in [0.05, 0.1) is 11.9 Å². The molecule has 0 amide bonds. The summed E-state index contributed by atoms with van der Waals surface area (Å²) < 4.78 is 0. The zero-order valence-electron chi connectivity index (χ0n) is 3.68. The highest BCUT2D eigenvalue weighted by Gasteiger charge is 2.08. The first-order valence-electron chi connectivity index (χ1n) is 1.93. The van der Waals surface area contributed by atoms with Gasteiger partial charge in [-0.05, 0) is 0 Å². The Balaban J connectivity index is 2.62. The molecule has 0 aromatic rings. The van der Waals surface area contributed by atoms with Crippen LogP contribution in [0.3, 0.4) is 0 Å². The molecular formula is C3H6N4. The van der Waals surface area contributed by atoms with Gasteiger partial charge in [0.25, 0.3) is 0 Å². The molecule has 0 aromatic carbocycles. The normalized spacial score (nSPS) is 28.1. The molecule has 1 rings (SSSR count). The molecule has 0 saturated heterocycles. The smallest absolute Gasteiger partial charge is 0.135 e. The molecule has 4 heteroatoms. The van der Waals surface area contributed by atoms with Gasteiger partial charge < -0.3 is 5.73 Å². The van der Waals surface area contributed by atoms with Crippen molar-refractivity contribution in [2.45, 2.75) is 6.17 Å². The van der Waals surface area contributed by atoms with E-state index in [1.54, 1.807) is 0 Å². The molecule has 1 heterocycles. The molecule has 1 aliphatic heterocycles. The van der Waals surface area contributed by atoms with Gasteiger partial charge in [-0.25, -0.2) is 0 Å². The van der Waals surface area contributed by atoms with Crippen LogP contribution in [0.15, 0.2) is 5.10 Å². The minimum absolute atomic E-state index is 0.333. The Kier molecular flexibility index (Phi) is 0.796. The van der Waals surface area contributed by atoms with E-state index < -0.39 is 0 Å². The van der Waals surface area contributed by atoms with Gasteiger partial charge in [0, 0.05) is 0 Å². The predicted octanol–water partition coefficient (Wildman–Crippen LogP) is -1.12. The van der Waals surface area contributed by atoms with Crippen molar-refractivity contribution < 1.29 is 0 Å². The summed E-state index contributed by atoms with van der Waals surface area (Å²) in [4.78, 5) is 0. The topological polar surface area (TPSA) is 74.3 Å². The van der Waals surface area contributed by atoms with Crippen LogP contribution in [-0.2, 0) is 0 Å². The quantitative estimate of drug-likeness (QED) is 0.359. The fourth-order valence-electron chi connectivity index (χ4n) is 0.337. The number of hydrogen-bond acceptors (Lipinski definition) is 4. The fourth-order valence-corrected chi connectivity index (χ4v) is 0.337. The third-order valence-corrected chi connectivity index (χ3v) is 0.752. The highest BCUT2D eigenvalue weighted by molar-refractivity contribution is 6.32. The van der Waals surface area contributed by atoms with Crippen LogP contribution in [0, 0.1) is 5.41 Å². The molecule has 0 saturated carbocycles. The summed E-state index contributed by atoms with van der Waals surface area (Å²) in [7, 11) is 0. The molecule has 7 heavy (non-hydrogen) atoms. The van der Waals surface area contributed by atoms with Gasteiger partial charge in [-0.3, -0.25) is 10.8 Å². The first kappa shape index (κ1) is 4.26. The van der Waals surface area contributed by atoms with Crippen LogP contribution in [0.4, 0.5) is 0 Å². The molecule has 4 nitrogen and oxygen atoms in total. The Bertz CT molecular complexity index is 116. The van der Waals surface area contributed by atoms with E-state index in [0.717, 1.165) is 0 Å². The first-order valence-corrected chi connectivity index (χ1v) is 1.93. The van der Waals surface area contributed by atoms with Crippen LogP contribution in [0.5, 0.6) is 0 Å². The third-order valence-electron chi connectivity index (χ3n) is 0.752. The molecule has 0 bridgehead atoms. The summed E-state index contributed by atoms with van der Waals surface area (Å²) in [5.41, 5.74) is 8.04. The maximum Gasteiger partial charge on any atom is 0.135 e. The second-order valence-electron chi connectivity index (χ2n) is 1.32. The number of rotatable bonds is 0. The standard InChI is InChI=1S/C3H6N4/c4-2-1-6-7-3(2)5/h1,3-4,7H,5H2. The third kappa shape index (κ3) is 0.592. The molecule has 1 aliphatic rings. The van der Waals surface area contributed by atoms with E-state index in [2.05, 4.69) is 10.5 Å². The molecule has 1 unspecified atom stereocenters. The van der Waals surface area contributed by atoms with E-state index in [4.69, 9.17) is 11.1 Å². The molecule has 0 aromatic heterocycles. The van der Waals surface area contributed by atoms with Gasteiger partial charge in [0.15, 0.2) is 0 Å². The Labute approximate surface area is 40.9 Å². The summed E-state index contributed by atoms with van der Waals surface area (Å²) >= 11 is 0. The lowest BCUT2D eigenvalue weighted by Gasteiger charge is -1.97. The van der Waals surface area contributed by atoms with Crippen LogP contribution in [0.2, 0.25) is 0 Å².